The minimum Gasteiger partial charge on any atom is -0.504 e. The van der Waals surface area contributed by atoms with E-state index in [0.29, 0.717) is 12.3 Å². The van der Waals surface area contributed by atoms with E-state index in [1.54, 1.807) is 18.2 Å². The first kappa shape index (κ1) is 14.3. The molecule has 0 aliphatic carbocycles. The highest BCUT2D eigenvalue weighted by Crippen LogP contribution is 2.26. The molecular formula is C16H18FNO2. The molecule has 0 saturated carbocycles. The molecule has 0 aliphatic rings. The molecule has 0 heterocycles. The Hall–Kier alpha value is -2.07. The third-order valence-electron chi connectivity index (χ3n) is 3.20. The third-order valence-corrected chi connectivity index (χ3v) is 3.20. The summed E-state index contributed by atoms with van der Waals surface area (Å²) in [6, 6.07) is 11.8. The monoisotopic (exact) mass is 275 g/mol. The van der Waals surface area contributed by atoms with Crippen molar-refractivity contribution in [2.45, 2.75) is 19.5 Å². The fraction of sp³-hybridized carbons (Fsp3) is 0.250. The standard InChI is InChI=1S/C16H18FNO2/c1-11(13-4-3-5-14(17)9-13)18-10-12-6-7-16(20-2)15(19)8-12/h3-9,11,18-19H,10H2,1-2H3/t11-/m0/s1. The fourth-order valence-electron chi connectivity index (χ4n) is 2.01. The van der Waals surface area contributed by atoms with Crippen molar-refractivity contribution in [2.24, 2.45) is 0 Å². The van der Waals surface area contributed by atoms with Crippen LogP contribution in [0.15, 0.2) is 42.5 Å². The summed E-state index contributed by atoms with van der Waals surface area (Å²) in [5.74, 6) is 0.329. The second-order valence-electron chi connectivity index (χ2n) is 4.66. The molecule has 0 bridgehead atoms. The third kappa shape index (κ3) is 3.48. The second kappa shape index (κ2) is 6.39. The molecule has 2 rings (SSSR count). The van der Waals surface area contributed by atoms with Crippen LogP contribution in [0.4, 0.5) is 4.39 Å². The highest BCUT2D eigenvalue weighted by Gasteiger charge is 2.07. The number of ether oxygens (including phenoxy) is 1. The Morgan fingerprint density at radius 3 is 2.70 bits per heavy atom. The van der Waals surface area contributed by atoms with Crippen molar-refractivity contribution in [2.75, 3.05) is 7.11 Å². The van der Waals surface area contributed by atoms with Gasteiger partial charge in [0.25, 0.3) is 0 Å². The normalized spacial score (nSPS) is 12.2. The lowest BCUT2D eigenvalue weighted by molar-refractivity contribution is 0.373. The van der Waals surface area contributed by atoms with E-state index in [1.165, 1.54) is 19.2 Å². The van der Waals surface area contributed by atoms with Crippen LogP contribution in [-0.2, 0) is 6.54 Å². The summed E-state index contributed by atoms with van der Waals surface area (Å²) in [4.78, 5) is 0. The van der Waals surface area contributed by atoms with Gasteiger partial charge >= 0.3 is 0 Å². The molecular weight excluding hydrogens is 257 g/mol. The van der Waals surface area contributed by atoms with Gasteiger partial charge in [0.2, 0.25) is 0 Å². The number of halogens is 1. The van der Waals surface area contributed by atoms with E-state index in [1.807, 2.05) is 19.1 Å². The molecule has 0 spiro atoms. The van der Waals surface area contributed by atoms with Gasteiger partial charge in [-0.2, -0.15) is 0 Å². The summed E-state index contributed by atoms with van der Waals surface area (Å²) in [6.07, 6.45) is 0. The zero-order chi connectivity index (χ0) is 14.5. The van der Waals surface area contributed by atoms with Crippen molar-refractivity contribution >= 4 is 0 Å². The Morgan fingerprint density at radius 1 is 1.25 bits per heavy atom. The Bertz CT molecular complexity index is 586. The number of hydrogen-bond donors (Lipinski definition) is 2. The number of phenolic OH excluding ortho intramolecular Hbond substituents is 1. The Kier molecular flexibility index (Phi) is 4.58. The molecule has 0 unspecified atom stereocenters. The minimum atomic E-state index is -0.238. The van der Waals surface area contributed by atoms with E-state index >= 15 is 0 Å². The molecule has 106 valence electrons. The van der Waals surface area contributed by atoms with E-state index in [9.17, 15) is 9.50 Å². The summed E-state index contributed by atoms with van der Waals surface area (Å²) in [7, 11) is 1.51. The van der Waals surface area contributed by atoms with Crippen LogP contribution in [0.5, 0.6) is 11.5 Å². The van der Waals surface area contributed by atoms with Gasteiger partial charge in [0.05, 0.1) is 7.11 Å². The van der Waals surface area contributed by atoms with Crippen LogP contribution in [-0.4, -0.2) is 12.2 Å². The molecule has 2 aromatic rings. The Balaban J connectivity index is 1.99. The smallest absolute Gasteiger partial charge is 0.160 e. The first-order valence-electron chi connectivity index (χ1n) is 6.45. The molecule has 0 fully saturated rings. The molecule has 0 aliphatic heterocycles. The van der Waals surface area contributed by atoms with Crippen LogP contribution < -0.4 is 10.1 Å². The minimum absolute atomic E-state index is 0.0231. The van der Waals surface area contributed by atoms with E-state index < -0.39 is 0 Å². The lowest BCUT2D eigenvalue weighted by atomic mass is 10.1. The summed E-state index contributed by atoms with van der Waals surface area (Å²) in [5.41, 5.74) is 1.83. The molecule has 20 heavy (non-hydrogen) atoms. The zero-order valence-electron chi connectivity index (χ0n) is 11.6. The van der Waals surface area contributed by atoms with Crippen molar-refractivity contribution in [1.29, 1.82) is 0 Å². The second-order valence-corrected chi connectivity index (χ2v) is 4.66. The summed E-state index contributed by atoms with van der Waals surface area (Å²) in [5, 5.41) is 13.0. The van der Waals surface area contributed by atoms with Gasteiger partial charge in [0, 0.05) is 12.6 Å². The largest absolute Gasteiger partial charge is 0.504 e. The van der Waals surface area contributed by atoms with E-state index in [0.717, 1.165) is 11.1 Å². The SMILES string of the molecule is COc1ccc(CN[C@@H](C)c2cccc(F)c2)cc1O. The van der Waals surface area contributed by atoms with Crippen LogP contribution in [0, 0.1) is 5.82 Å². The molecule has 0 amide bonds. The molecule has 0 radical (unpaired) electrons. The lowest BCUT2D eigenvalue weighted by Crippen LogP contribution is -2.18. The van der Waals surface area contributed by atoms with Gasteiger partial charge in [0.15, 0.2) is 11.5 Å². The Morgan fingerprint density at radius 2 is 2.05 bits per heavy atom. The van der Waals surface area contributed by atoms with Crippen molar-refractivity contribution in [3.8, 4) is 11.5 Å². The van der Waals surface area contributed by atoms with Gasteiger partial charge in [-0.25, -0.2) is 4.39 Å². The fourth-order valence-corrected chi connectivity index (χ4v) is 2.01. The predicted molar refractivity (Wildman–Crippen MR) is 76.3 cm³/mol. The molecule has 1 atom stereocenters. The topological polar surface area (TPSA) is 41.5 Å². The van der Waals surface area contributed by atoms with Crippen LogP contribution >= 0.6 is 0 Å². The maximum absolute atomic E-state index is 13.2. The van der Waals surface area contributed by atoms with Crippen LogP contribution in [0.3, 0.4) is 0 Å². The van der Waals surface area contributed by atoms with Gasteiger partial charge in [-0.15, -0.1) is 0 Å². The molecule has 2 aromatic carbocycles. The Labute approximate surface area is 118 Å². The summed E-state index contributed by atoms with van der Waals surface area (Å²) in [6.45, 7) is 2.55. The number of benzene rings is 2. The van der Waals surface area contributed by atoms with Gasteiger partial charge in [-0.05, 0) is 42.3 Å². The average Bonchev–Trinajstić information content (AvgIpc) is 2.45. The van der Waals surface area contributed by atoms with Gasteiger partial charge in [-0.1, -0.05) is 18.2 Å². The molecule has 0 saturated heterocycles. The first-order chi connectivity index (χ1) is 9.60. The number of rotatable bonds is 5. The van der Waals surface area contributed by atoms with Crippen LogP contribution in [0.2, 0.25) is 0 Å². The van der Waals surface area contributed by atoms with Crippen molar-refractivity contribution in [3.05, 3.63) is 59.4 Å². The highest BCUT2D eigenvalue weighted by molar-refractivity contribution is 5.41. The number of methoxy groups -OCH3 is 1. The maximum Gasteiger partial charge on any atom is 0.160 e. The summed E-state index contributed by atoms with van der Waals surface area (Å²) < 4.78 is 18.1. The molecule has 0 aromatic heterocycles. The van der Waals surface area contributed by atoms with Gasteiger partial charge in [0.1, 0.15) is 5.82 Å². The number of nitrogens with one attached hydrogen (secondary N) is 1. The average molecular weight is 275 g/mol. The maximum atomic E-state index is 13.2. The first-order valence-corrected chi connectivity index (χ1v) is 6.45. The molecule has 2 N–H and O–H groups in total. The predicted octanol–water partition coefficient (Wildman–Crippen LogP) is 3.39. The number of hydrogen-bond acceptors (Lipinski definition) is 3. The van der Waals surface area contributed by atoms with Crippen molar-refractivity contribution in [1.82, 2.24) is 5.32 Å². The molecule has 4 heteroatoms. The number of aromatic hydroxyl groups is 1. The van der Waals surface area contributed by atoms with Gasteiger partial charge in [-0.3, -0.25) is 0 Å². The summed E-state index contributed by atoms with van der Waals surface area (Å²) >= 11 is 0. The van der Waals surface area contributed by atoms with E-state index in [-0.39, 0.29) is 17.6 Å². The van der Waals surface area contributed by atoms with Crippen molar-refractivity contribution in [3.63, 3.8) is 0 Å². The quantitative estimate of drug-likeness (QED) is 0.879. The van der Waals surface area contributed by atoms with Crippen LogP contribution in [0.25, 0.3) is 0 Å². The van der Waals surface area contributed by atoms with Crippen molar-refractivity contribution < 1.29 is 14.2 Å². The zero-order valence-corrected chi connectivity index (χ0v) is 11.6. The highest BCUT2D eigenvalue weighted by atomic mass is 19.1. The van der Waals surface area contributed by atoms with E-state index in [4.69, 9.17) is 4.74 Å². The van der Waals surface area contributed by atoms with Crippen LogP contribution in [0.1, 0.15) is 24.1 Å². The lowest BCUT2D eigenvalue weighted by Gasteiger charge is -2.15. The molecule has 3 nitrogen and oxygen atoms in total. The van der Waals surface area contributed by atoms with Gasteiger partial charge < -0.3 is 15.2 Å². The number of phenols is 1. The van der Waals surface area contributed by atoms with E-state index in [2.05, 4.69) is 5.32 Å².